The zero-order chi connectivity index (χ0) is 31.5. The smallest absolute Gasteiger partial charge is 0.414 e. The highest BCUT2D eigenvalue weighted by Gasteiger charge is 2.36. The van der Waals surface area contributed by atoms with Crippen LogP contribution in [0.2, 0.25) is 5.02 Å². The van der Waals surface area contributed by atoms with Crippen molar-refractivity contribution in [1.82, 2.24) is 24.9 Å². The third-order valence-corrected chi connectivity index (χ3v) is 10.3. The van der Waals surface area contributed by atoms with Crippen LogP contribution in [0.15, 0.2) is 42.5 Å². The number of fused-ring (bicyclic) bond motifs is 1. The lowest BCUT2D eigenvalue weighted by Gasteiger charge is -2.40. The van der Waals surface area contributed by atoms with Gasteiger partial charge < -0.3 is 29.7 Å². The first kappa shape index (κ1) is 31.6. The van der Waals surface area contributed by atoms with Crippen LogP contribution in [-0.4, -0.2) is 108 Å². The lowest BCUT2D eigenvalue weighted by Crippen LogP contribution is -2.50. The summed E-state index contributed by atoms with van der Waals surface area (Å²) in [5, 5.41) is 3.39. The van der Waals surface area contributed by atoms with E-state index in [1.165, 1.54) is 0 Å². The third kappa shape index (κ3) is 6.90. The lowest BCUT2D eigenvalue weighted by atomic mass is 10.00. The zero-order valence-electron chi connectivity index (χ0n) is 25.8. The average molecular weight is 653 g/mol. The Morgan fingerprint density at radius 2 is 1.76 bits per heavy atom. The molecule has 1 atom stereocenters. The first-order valence-corrected chi connectivity index (χ1v) is 16.7. The van der Waals surface area contributed by atoms with Crippen LogP contribution in [0.4, 0.5) is 15.3 Å². The Hall–Kier alpha value is -3.41. The summed E-state index contributed by atoms with van der Waals surface area (Å²) in [6, 6.07) is 12.9. The molecule has 0 aromatic heterocycles. The maximum absolute atomic E-state index is 13.4. The Bertz CT molecular complexity index is 1450. The number of hydrogen-bond donors (Lipinski definition) is 1. The van der Waals surface area contributed by atoms with Crippen molar-refractivity contribution in [1.29, 1.82) is 0 Å². The van der Waals surface area contributed by atoms with Crippen molar-refractivity contribution >= 4 is 52.5 Å². The van der Waals surface area contributed by atoms with Crippen LogP contribution < -0.4 is 10.2 Å². The van der Waals surface area contributed by atoms with E-state index in [0.717, 1.165) is 67.2 Å². The molecular formula is C33H41ClN6O4S. The predicted molar refractivity (Wildman–Crippen MR) is 178 cm³/mol. The fraction of sp³-hybridized carbons (Fsp3) is 0.515. The number of carbonyl (C=O) groups is 3. The van der Waals surface area contributed by atoms with Gasteiger partial charge in [0.15, 0.2) is 0 Å². The van der Waals surface area contributed by atoms with Gasteiger partial charge in [0.1, 0.15) is 11.6 Å². The SMILES string of the molecule is CN1CCCN(C(=S)[C@@H]2CCCN2C(=O)NCc2ccc(C(=O)N3CCC(N4C(=O)OCc5ccccc54)CC3)c(Cl)c2)CC1. The van der Waals surface area contributed by atoms with E-state index in [1.54, 1.807) is 21.9 Å². The normalized spacial score (nSPS) is 21.3. The Labute approximate surface area is 275 Å². The second kappa shape index (κ2) is 13.9. The third-order valence-electron chi connectivity index (χ3n) is 9.45. The van der Waals surface area contributed by atoms with Crippen molar-refractivity contribution in [3.8, 4) is 0 Å². The van der Waals surface area contributed by atoms with Crippen LogP contribution in [0.25, 0.3) is 0 Å². The summed E-state index contributed by atoms with van der Waals surface area (Å²) in [6.45, 7) is 6.14. The van der Waals surface area contributed by atoms with Crippen molar-refractivity contribution in [2.24, 2.45) is 0 Å². The molecule has 4 aliphatic rings. The van der Waals surface area contributed by atoms with Crippen LogP contribution in [0, 0.1) is 0 Å². The molecule has 4 aliphatic heterocycles. The Kier molecular flexibility index (Phi) is 9.77. The number of ether oxygens (including phenoxy) is 1. The number of piperidine rings is 1. The number of urea groups is 1. The van der Waals surface area contributed by atoms with Gasteiger partial charge in [0.25, 0.3) is 5.91 Å². The van der Waals surface area contributed by atoms with E-state index in [4.69, 9.17) is 28.6 Å². The van der Waals surface area contributed by atoms with Crippen molar-refractivity contribution in [2.45, 2.75) is 57.3 Å². The minimum Gasteiger partial charge on any atom is -0.444 e. The van der Waals surface area contributed by atoms with Gasteiger partial charge in [-0.05, 0) is 69.5 Å². The summed E-state index contributed by atoms with van der Waals surface area (Å²) in [4.78, 5) is 50.2. The minimum atomic E-state index is -0.336. The fourth-order valence-electron chi connectivity index (χ4n) is 6.88. The van der Waals surface area contributed by atoms with Gasteiger partial charge in [0, 0.05) is 57.4 Å². The van der Waals surface area contributed by atoms with Crippen LogP contribution in [0.1, 0.15) is 53.6 Å². The number of rotatable bonds is 5. The monoisotopic (exact) mass is 652 g/mol. The maximum atomic E-state index is 13.4. The number of cyclic esters (lactones) is 1. The fourth-order valence-corrected chi connectivity index (χ4v) is 7.60. The van der Waals surface area contributed by atoms with Gasteiger partial charge in [-0.1, -0.05) is 48.1 Å². The highest BCUT2D eigenvalue weighted by Crippen LogP contribution is 2.32. The van der Waals surface area contributed by atoms with Gasteiger partial charge in [-0.3, -0.25) is 9.69 Å². The van der Waals surface area contributed by atoms with Gasteiger partial charge >= 0.3 is 12.1 Å². The molecule has 2 aromatic rings. The van der Waals surface area contributed by atoms with E-state index in [1.807, 2.05) is 35.2 Å². The molecule has 45 heavy (non-hydrogen) atoms. The second-order valence-corrected chi connectivity index (χ2v) is 13.2. The molecule has 1 N–H and O–H groups in total. The number of benzene rings is 2. The van der Waals surface area contributed by atoms with Crippen molar-refractivity contribution in [2.75, 3.05) is 57.8 Å². The Morgan fingerprint density at radius 3 is 2.56 bits per heavy atom. The van der Waals surface area contributed by atoms with E-state index < -0.39 is 0 Å². The molecule has 3 saturated heterocycles. The molecule has 4 heterocycles. The molecule has 2 aromatic carbocycles. The number of anilines is 1. The molecular weight excluding hydrogens is 612 g/mol. The number of nitrogens with zero attached hydrogens (tertiary/aromatic N) is 5. The summed E-state index contributed by atoms with van der Waals surface area (Å²) in [6.07, 6.45) is 3.84. The van der Waals surface area contributed by atoms with E-state index >= 15 is 0 Å². The van der Waals surface area contributed by atoms with Crippen LogP contribution in [0.5, 0.6) is 0 Å². The highest BCUT2D eigenvalue weighted by atomic mass is 35.5. The van der Waals surface area contributed by atoms with Gasteiger partial charge in [0.2, 0.25) is 0 Å². The molecule has 10 nitrogen and oxygen atoms in total. The highest BCUT2D eigenvalue weighted by molar-refractivity contribution is 7.80. The number of thiocarbonyl (C=S) groups is 1. The zero-order valence-corrected chi connectivity index (χ0v) is 27.3. The molecule has 0 radical (unpaired) electrons. The largest absolute Gasteiger partial charge is 0.444 e. The maximum Gasteiger partial charge on any atom is 0.414 e. The minimum absolute atomic E-state index is 0.0416. The van der Waals surface area contributed by atoms with Crippen LogP contribution >= 0.6 is 23.8 Å². The first-order chi connectivity index (χ1) is 21.8. The number of likely N-dealkylation sites (tertiary alicyclic amines) is 2. The standard InChI is InChI=1S/C33H41ClN6O4S/c1-36-13-5-14-38(19-18-36)31(45)29-8-4-15-39(29)32(42)35-21-23-9-10-26(27(34)20-23)30(41)37-16-11-25(12-17-37)40-28-7-3-2-6-24(28)22-44-33(40)43/h2-3,6-7,9-10,20,25,29H,4-5,8,11-19,21-22H2,1H3,(H,35,42)/t29-/m0/s1. The molecule has 6 rings (SSSR count). The molecule has 0 bridgehead atoms. The molecule has 0 spiro atoms. The average Bonchev–Trinajstić information content (AvgIpc) is 3.45. The summed E-state index contributed by atoms with van der Waals surface area (Å²) in [5.74, 6) is -0.135. The van der Waals surface area contributed by atoms with Crippen molar-refractivity contribution < 1.29 is 19.1 Å². The Morgan fingerprint density at radius 1 is 0.956 bits per heavy atom. The van der Waals surface area contributed by atoms with Gasteiger partial charge in [-0.25, -0.2) is 9.59 Å². The quantitative estimate of drug-likeness (QED) is 0.467. The number of likely N-dealkylation sites (N-methyl/N-ethyl adjacent to an activating group) is 1. The Balaban J connectivity index is 1.02. The van der Waals surface area contributed by atoms with E-state index in [0.29, 0.717) is 49.6 Å². The number of hydrogen-bond acceptors (Lipinski definition) is 6. The predicted octanol–water partition coefficient (Wildman–Crippen LogP) is 4.74. The summed E-state index contributed by atoms with van der Waals surface area (Å²) in [7, 11) is 2.13. The molecule has 3 fully saturated rings. The number of halogens is 1. The summed E-state index contributed by atoms with van der Waals surface area (Å²) >= 11 is 12.5. The molecule has 0 saturated carbocycles. The molecule has 0 unspecified atom stereocenters. The number of para-hydroxylation sites is 1. The van der Waals surface area contributed by atoms with E-state index in [9.17, 15) is 14.4 Å². The number of amides is 4. The lowest BCUT2D eigenvalue weighted by molar-refractivity contribution is 0.0708. The topological polar surface area (TPSA) is 88.7 Å². The molecule has 240 valence electrons. The first-order valence-electron chi connectivity index (χ1n) is 15.9. The van der Waals surface area contributed by atoms with Crippen molar-refractivity contribution in [3.05, 3.63) is 64.2 Å². The van der Waals surface area contributed by atoms with Crippen LogP contribution in [-0.2, 0) is 17.9 Å². The van der Waals surface area contributed by atoms with E-state index in [-0.39, 0.29) is 36.7 Å². The second-order valence-electron chi connectivity index (χ2n) is 12.4. The van der Waals surface area contributed by atoms with Gasteiger partial charge in [-0.15, -0.1) is 0 Å². The van der Waals surface area contributed by atoms with E-state index in [2.05, 4.69) is 22.2 Å². The molecule has 0 aliphatic carbocycles. The molecule has 4 amide bonds. The van der Waals surface area contributed by atoms with Crippen LogP contribution in [0.3, 0.4) is 0 Å². The summed E-state index contributed by atoms with van der Waals surface area (Å²) < 4.78 is 5.40. The van der Waals surface area contributed by atoms with Gasteiger partial charge in [-0.2, -0.15) is 0 Å². The molecule has 12 heteroatoms. The number of nitrogens with one attached hydrogen (secondary N) is 1. The summed E-state index contributed by atoms with van der Waals surface area (Å²) in [5.41, 5.74) is 3.13. The number of carbonyl (C=O) groups excluding carboxylic acids is 3. The van der Waals surface area contributed by atoms with Gasteiger partial charge in [0.05, 0.1) is 22.3 Å². The van der Waals surface area contributed by atoms with Crippen molar-refractivity contribution in [3.63, 3.8) is 0 Å².